The van der Waals surface area contributed by atoms with Crippen molar-refractivity contribution in [2.75, 3.05) is 24.2 Å². The molecule has 0 saturated carbocycles. The molecular weight excluding hydrogens is 244 g/mol. The molecule has 2 rings (SSSR count). The molecule has 0 bridgehead atoms. The maximum Gasteiger partial charge on any atom is 0.223 e. The molecule has 2 N–H and O–H groups in total. The molecule has 0 aliphatic carbocycles. The first-order valence-corrected chi connectivity index (χ1v) is 6.16. The van der Waals surface area contributed by atoms with Crippen LogP contribution in [0.5, 0.6) is 0 Å². The summed E-state index contributed by atoms with van der Waals surface area (Å²) in [6.07, 6.45) is 0.689. The summed E-state index contributed by atoms with van der Waals surface area (Å²) in [5, 5.41) is 10.2. The zero-order chi connectivity index (χ0) is 13.8. The van der Waals surface area contributed by atoms with Crippen LogP contribution in [-0.4, -0.2) is 33.7 Å². The second-order valence-electron chi connectivity index (χ2n) is 4.25. The number of aromatic nitrogens is 4. The number of nitrogens with one attached hydrogen (secondary N) is 2. The van der Waals surface area contributed by atoms with Gasteiger partial charge in [0.2, 0.25) is 5.89 Å². The average molecular weight is 262 g/mol. The molecule has 0 fully saturated rings. The minimum Gasteiger partial charge on any atom is -0.373 e. The van der Waals surface area contributed by atoms with Crippen molar-refractivity contribution in [2.24, 2.45) is 0 Å². The van der Waals surface area contributed by atoms with Gasteiger partial charge >= 0.3 is 0 Å². The smallest absolute Gasteiger partial charge is 0.223 e. The Bertz CT molecular complexity index is 565. The molecule has 0 atom stereocenters. The molecule has 0 aliphatic heterocycles. The molecule has 102 valence electrons. The first kappa shape index (κ1) is 13.3. The molecule has 0 amide bonds. The Morgan fingerprint density at radius 3 is 2.42 bits per heavy atom. The van der Waals surface area contributed by atoms with Gasteiger partial charge in [-0.15, -0.1) is 0 Å². The first-order chi connectivity index (χ1) is 9.10. The predicted molar refractivity (Wildman–Crippen MR) is 72.3 cm³/mol. The molecule has 0 unspecified atom stereocenters. The number of rotatable bonds is 5. The van der Waals surface area contributed by atoms with Gasteiger partial charge in [-0.05, 0) is 13.8 Å². The van der Waals surface area contributed by atoms with Gasteiger partial charge in [-0.3, -0.25) is 0 Å². The maximum atomic E-state index is 4.92. The number of hydrogen-bond donors (Lipinski definition) is 2. The number of anilines is 2. The van der Waals surface area contributed by atoms with E-state index in [4.69, 9.17) is 4.52 Å². The Balaban J connectivity index is 2.01. The fourth-order valence-corrected chi connectivity index (χ4v) is 1.78. The minimum absolute atomic E-state index is 0.585. The summed E-state index contributed by atoms with van der Waals surface area (Å²) in [6.45, 7) is 6.32. The van der Waals surface area contributed by atoms with Crippen molar-refractivity contribution in [3.05, 3.63) is 23.1 Å². The van der Waals surface area contributed by atoms with E-state index in [1.807, 2.05) is 20.9 Å². The van der Waals surface area contributed by atoms with Crippen LogP contribution in [-0.2, 0) is 6.42 Å². The maximum absolute atomic E-state index is 4.92. The fourth-order valence-electron chi connectivity index (χ4n) is 1.78. The molecule has 0 spiro atoms. The summed E-state index contributed by atoms with van der Waals surface area (Å²) in [5.74, 6) is 3.68. The van der Waals surface area contributed by atoms with E-state index in [1.165, 1.54) is 0 Å². The van der Waals surface area contributed by atoms with Gasteiger partial charge in [-0.1, -0.05) is 5.16 Å². The van der Waals surface area contributed by atoms with Crippen molar-refractivity contribution in [3.63, 3.8) is 0 Å². The van der Waals surface area contributed by atoms with E-state index in [0.717, 1.165) is 23.0 Å². The SMILES string of the molecule is CNc1nc(C)nc(NCCc2noc(C)n2)c1C. The zero-order valence-corrected chi connectivity index (χ0v) is 11.6. The molecular formula is C12H18N6O. The summed E-state index contributed by atoms with van der Waals surface area (Å²) in [5.41, 5.74) is 0.998. The van der Waals surface area contributed by atoms with Crippen LogP contribution in [0.25, 0.3) is 0 Å². The highest BCUT2D eigenvalue weighted by Gasteiger charge is 2.08. The third-order valence-electron chi connectivity index (χ3n) is 2.71. The molecule has 2 aromatic heterocycles. The lowest BCUT2D eigenvalue weighted by molar-refractivity contribution is 0.387. The fraction of sp³-hybridized carbons (Fsp3) is 0.500. The van der Waals surface area contributed by atoms with E-state index >= 15 is 0 Å². The van der Waals surface area contributed by atoms with E-state index in [-0.39, 0.29) is 0 Å². The first-order valence-electron chi connectivity index (χ1n) is 6.16. The van der Waals surface area contributed by atoms with Gasteiger partial charge in [0.25, 0.3) is 0 Å². The minimum atomic E-state index is 0.585. The van der Waals surface area contributed by atoms with Gasteiger partial charge < -0.3 is 15.2 Å². The van der Waals surface area contributed by atoms with Crippen molar-refractivity contribution < 1.29 is 4.52 Å². The standard InChI is InChI=1S/C12H18N6O/c1-7-11(13-4)15-8(2)16-12(7)14-6-5-10-17-9(3)19-18-10/h5-6H2,1-4H3,(H2,13,14,15,16). The Labute approximate surface area is 111 Å². The van der Waals surface area contributed by atoms with Crippen molar-refractivity contribution in [2.45, 2.75) is 27.2 Å². The summed E-state index contributed by atoms with van der Waals surface area (Å²) < 4.78 is 4.92. The van der Waals surface area contributed by atoms with Crippen LogP contribution in [0.2, 0.25) is 0 Å². The van der Waals surface area contributed by atoms with Crippen molar-refractivity contribution >= 4 is 11.6 Å². The van der Waals surface area contributed by atoms with Crippen LogP contribution in [0.15, 0.2) is 4.52 Å². The second-order valence-corrected chi connectivity index (χ2v) is 4.25. The van der Waals surface area contributed by atoms with Crippen LogP contribution in [0.1, 0.15) is 23.1 Å². The molecule has 19 heavy (non-hydrogen) atoms. The molecule has 7 heteroatoms. The van der Waals surface area contributed by atoms with Crippen molar-refractivity contribution in [1.82, 2.24) is 20.1 Å². The van der Waals surface area contributed by atoms with Gasteiger partial charge in [0, 0.05) is 32.5 Å². The molecule has 0 aromatic carbocycles. The van der Waals surface area contributed by atoms with Gasteiger partial charge in [0.05, 0.1) is 0 Å². The highest BCUT2D eigenvalue weighted by atomic mass is 16.5. The number of aryl methyl sites for hydroxylation is 2. The van der Waals surface area contributed by atoms with Gasteiger partial charge in [0.1, 0.15) is 17.5 Å². The lowest BCUT2D eigenvalue weighted by atomic mass is 10.3. The van der Waals surface area contributed by atoms with Crippen molar-refractivity contribution in [1.29, 1.82) is 0 Å². The molecule has 7 nitrogen and oxygen atoms in total. The van der Waals surface area contributed by atoms with Gasteiger partial charge in [-0.25, -0.2) is 9.97 Å². The highest BCUT2D eigenvalue weighted by molar-refractivity contribution is 5.56. The largest absolute Gasteiger partial charge is 0.373 e. The van der Waals surface area contributed by atoms with E-state index in [9.17, 15) is 0 Å². The summed E-state index contributed by atoms with van der Waals surface area (Å²) in [4.78, 5) is 12.9. The molecule has 2 aromatic rings. The predicted octanol–water partition coefficient (Wildman–Crippen LogP) is 1.48. The van der Waals surface area contributed by atoms with Crippen LogP contribution in [0.4, 0.5) is 11.6 Å². The van der Waals surface area contributed by atoms with Crippen LogP contribution in [0, 0.1) is 20.8 Å². The zero-order valence-electron chi connectivity index (χ0n) is 11.6. The van der Waals surface area contributed by atoms with Crippen LogP contribution >= 0.6 is 0 Å². The summed E-state index contributed by atoms with van der Waals surface area (Å²) in [6, 6.07) is 0. The monoisotopic (exact) mass is 262 g/mol. The van der Waals surface area contributed by atoms with E-state index in [0.29, 0.717) is 24.7 Å². The lowest BCUT2D eigenvalue weighted by Gasteiger charge is -2.11. The Morgan fingerprint density at radius 2 is 1.79 bits per heavy atom. The van der Waals surface area contributed by atoms with Crippen molar-refractivity contribution in [3.8, 4) is 0 Å². The van der Waals surface area contributed by atoms with Gasteiger partial charge in [0.15, 0.2) is 5.82 Å². The Hall–Kier alpha value is -2.18. The summed E-state index contributed by atoms with van der Waals surface area (Å²) in [7, 11) is 1.85. The molecule has 0 saturated heterocycles. The molecule has 2 heterocycles. The van der Waals surface area contributed by atoms with E-state index in [2.05, 4.69) is 30.7 Å². The lowest BCUT2D eigenvalue weighted by Crippen LogP contribution is -2.11. The topological polar surface area (TPSA) is 88.8 Å². The normalized spacial score (nSPS) is 10.5. The number of nitrogens with zero attached hydrogens (tertiary/aromatic N) is 4. The van der Waals surface area contributed by atoms with Crippen LogP contribution in [0.3, 0.4) is 0 Å². The summed E-state index contributed by atoms with van der Waals surface area (Å²) >= 11 is 0. The van der Waals surface area contributed by atoms with Gasteiger partial charge in [-0.2, -0.15) is 4.98 Å². The quantitative estimate of drug-likeness (QED) is 0.843. The third-order valence-corrected chi connectivity index (χ3v) is 2.71. The highest BCUT2D eigenvalue weighted by Crippen LogP contribution is 2.19. The van der Waals surface area contributed by atoms with Crippen LogP contribution < -0.4 is 10.6 Å². The second kappa shape index (κ2) is 5.64. The average Bonchev–Trinajstić information content (AvgIpc) is 2.79. The molecule has 0 radical (unpaired) electrons. The van der Waals surface area contributed by atoms with E-state index in [1.54, 1.807) is 6.92 Å². The van der Waals surface area contributed by atoms with E-state index < -0.39 is 0 Å². The Morgan fingerprint density at radius 1 is 1.05 bits per heavy atom. The molecule has 0 aliphatic rings. The third kappa shape index (κ3) is 3.18. The Kier molecular flexibility index (Phi) is 3.94. The number of hydrogen-bond acceptors (Lipinski definition) is 7.